The third kappa shape index (κ3) is 3.34. The van der Waals surface area contributed by atoms with Crippen molar-refractivity contribution in [1.82, 2.24) is 4.57 Å². The van der Waals surface area contributed by atoms with Crippen LogP contribution < -0.4 is 14.3 Å². The molecule has 0 aliphatic carbocycles. The fourth-order valence-electron chi connectivity index (χ4n) is 2.54. The largest absolute Gasteiger partial charge is 0.497 e. The van der Waals surface area contributed by atoms with Gasteiger partial charge in [0, 0.05) is 6.54 Å². The van der Waals surface area contributed by atoms with Crippen LogP contribution in [0.1, 0.15) is 10.4 Å². The summed E-state index contributed by atoms with van der Waals surface area (Å²) in [6.45, 7) is 4.37. The summed E-state index contributed by atoms with van der Waals surface area (Å²) in [4.78, 5) is 17.7. The summed E-state index contributed by atoms with van der Waals surface area (Å²) in [5.41, 5.74) is 1.39. The Morgan fingerprint density at radius 3 is 2.76 bits per heavy atom. The van der Waals surface area contributed by atoms with Crippen molar-refractivity contribution in [2.75, 3.05) is 14.2 Å². The Morgan fingerprint density at radius 1 is 1.24 bits per heavy atom. The number of aromatic nitrogens is 1. The highest BCUT2D eigenvalue weighted by atomic mass is 32.1. The van der Waals surface area contributed by atoms with Gasteiger partial charge in [-0.3, -0.25) is 4.79 Å². The van der Waals surface area contributed by atoms with Gasteiger partial charge < -0.3 is 14.0 Å². The predicted octanol–water partition coefficient (Wildman–Crippen LogP) is 3.65. The number of fused-ring (bicyclic) bond motifs is 1. The van der Waals surface area contributed by atoms with Crippen molar-refractivity contribution in [2.24, 2.45) is 4.99 Å². The Balaban J connectivity index is 2.15. The van der Waals surface area contributed by atoms with Crippen LogP contribution in [0.2, 0.25) is 0 Å². The molecule has 0 aliphatic heterocycles. The molecule has 3 rings (SSSR count). The summed E-state index contributed by atoms with van der Waals surface area (Å²) in [5, 5.41) is 0. The molecule has 3 aromatic rings. The first kappa shape index (κ1) is 17.0. The number of amides is 1. The highest BCUT2D eigenvalue weighted by Gasteiger charge is 2.14. The molecule has 0 unspecified atom stereocenters. The fourth-order valence-corrected chi connectivity index (χ4v) is 3.58. The molecular weight excluding hydrogens is 336 g/mol. The molecule has 6 heteroatoms. The van der Waals surface area contributed by atoms with Crippen LogP contribution in [0.5, 0.6) is 11.5 Å². The molecule has 0 atom stereocenters. The first-order valence-electron chi connectivity index (χ1n) is 7.68. The number of thiazole rings is 1. The molecule has 2 aromatic carbocycles. The lowest BCUT2D eigenvalue weighted by Gasteiger charge is -2.07. The van der Waals surface area contributed by atoms with Gasteiger partial charge in [-0.05, 0) is 30.3 Å². The van der Waals surface area contributed by atoms with Crippen molar-refractivity contribution < 1.29 is 14.3 Å². The third-order valence-corrected chi connectivity index (χ3v) is 4.79. The molecule has 0 saturated heterocycles. The number of ether oxygens (including phenoxy) is 2. The van der Waals surface area contributed by atoms with E-state index in [2.05, 4.69) is 11.6 Å². The molecule has 1 aromatic heterocycles. The van der Waals surface area contributed by atoms with Crippen LogP contribution in [0.15, 0.2) is 60.1 Å². The molecule has 25 heavy (non-hydrogen) atoms. The van der Waals surface area contributed by atoms with Gasteiger partial charge in [-0.15, -0.1) is 6.58 Å². The van der Waals surface area contributed by atoms with E-state index in [1.165, 1.54) is 18.4 Å². The molecule has 0 radical (unpaired) electrons. The SMILES string of the molecule is C=CCn1c(=NC(=O)c2cc(OC)ccc2OC)sc2ccccc21. The topological polar surface area (TPSA) is 52.8 Å². The Hall–Kier alpha value is -2.86. The second-order valence-corrected chi connectivity index (χ2v) is 6.24. The second-order valence-electron chi connectivity index (χ2n) is 5.23. The van der Waals surface area contributed by atoms with Gasteiger partial charge in [0.2, 0.25) is 0 Å². The smallest absolute Gasteiger partial charge is 0.283 e. The highest BCUT2D eigenvalue weighted by Crippen LogP contribution is 2.25. The van der Waals surface area contributed by atoms with E-state index in [0.29, 0.717) is 28.4 Å². The van der Waals surface area contributed by atoms with Gasteiger partial charge in [-0.25, -0.2) is 0 Å². The van der Waals surface area contributed by atoms with Gasteiger partial charge >= 0.3 is 0 Å². The molecule has 0 bridgehead atoms. The number of carbonyl (C=O) groups is 1. The Kier molecular flexibility index (Phi) is 5.00. The van der Waals surface area contributed by atoms with E-state index in [0.717, 1.165) is 10.2 Å². The van der Waals surface area contributed by atoms with Gasteiger partial charge in [-0.1, -0.05) is 29.5 Å². The maximum absolute atomic E-state index is 12.8. The minimum absolute atomic E-state index is 0.365. The zero-order valence-corrected chi connectivity index (χ0v) is 14.9. The van der Waals surface area contributed by atoms with E-state index in [1.807, 2.05) is 28.8 Å². The number of hydrogen-bond donors (Lipinski definition) is 0. The highest BCUT2D eigenvalue weighted by molar-refractivity contribution is 7.16. The molecule has 0 fully saturated rings. The van der Waals surface area contributed by atoms with Gasteiger partial charge in [-0.2, -0.15) is 4.99 Å². The molecule has 128 valence electrons. The van der Waals surface area contributed by atoms with Crippen molar-refractivity contribution in [3.8, 4) is 11.5 Å². The van der Waals surface area contributed by atoms with E-state index in [9.17, 15) is 4.79 Å². The van der Waals surface area contributed by atoms with Crippen molar-refractivity contribution >= 4 is 27.5 Å². The number of methoxy groups -OCH3 is 2. The van der Waals surface area contributed by atoms with Crippen molar-refractivity contribution in [3.05, 3.63) is 65.5 Å². The molecular formula is C19H18N2O3S. The van der Waals surface area contributed by atoms with Crippen molar-refractivity contribution in [3.63, 3.8) is 0 Å². The fraction of sp³-hybridized carbons (Fsp3) is 0.158. The Bertz CT molecular complexity index is 1000. The minimum Gasteiger partial charge on any atom is -0.497 e. The van der Waals surface area contributed by atoms with Gasteiger partial charge in [0.05, 0.1) is 30.0 Å². The standard InChI is InChI=1S/C19H18N2O3S/c1-4-11-21-15-7-5-6-8-17(15)25-19(21)20-18(22)14-12-13(23-2)9-10-16(14)24-3/h4-10,12H,1,11H2,2-3H3. The monoisotopic (exact) mass is 354 g/mol. The van der Waals surface area contributed by atoms with E-state index in [4.69, 9.17) is 9.47 Å². The summed E-state index contributed by atoms with van der Waals surface area (Å²) in [5.74, 6) is 0.667. The maximum Gasteiger partial charge on any atom is 0.283 e. The lowest BCUT2D eigenvalue weighted by Crippen LogP contribution is -2.16. The molecule has 0 saturated carbocycles. The lowest BCUT2D eigenvalue weighted by molar-refractivity contribution is 0.0994. The minimum atomic E-state index is -0.375. The zero-order chi connectivity index (χ0) is 17.8. The van der Waals surface area contributed by atoms with E-state index in [1.54, 1.807) is 31.4 Å². The van der Waals surface area contributed by atoms with Crippen molar-refractivity contribution in [2.45, 2.75) is 6.54 Å². The van der Waals surface area contributed by atoms with Crippen LogP contribution in [0.3, 0.4) is 0 Å². The zero-order valence-electron chi connectivity index (χ0n) is 14.1. The number of allylic oxidation sites excluding steroid dienone is 1. The van der Waals surface area contributed by atoms with Crippen LogP contribution >= 0.6 is 11.3 Å². The van der Waals surface area contributed by atoms with E-state index < -0.39 is 0 Å². The molecule has 5 nitrogen and oxygen atoms in total. The quantitative estimate of drug-likeness (QED) is 0.657. The number of benzene rings is 2. The average molecular weight is 354 g/mol. The van der Waals surface area contributed by atoms with Crippen LogP contribution in [0, 0.1) is 0 Å². The molecule has 0 aliphatic rings. The summed E-state index contributed by atoms with van der Waals surface area (Å²) < 4.78 is 13.5. The summed E-state index contributed by atoms with van der Waals surface area (Å²) in [7, 11) is 3.08. The molecule has 0 N–H and O–H groups in total. The molecule has 1 amide bonds. The van der Waals surface area contributed by atoms with E-state index in [-0.39, 0.29) is 5.91 Å². The average Bonchev–Trinajstić information content (AvgIpc) is 2.98. The number of hydrogen-bond acceptors (Lipinski definition) is 4. The van der Waals surface area contributed by atoms with Gasteiger partial charge in [0.25, 0.3) is 5.91 Å². The number of carbonyl (C=O) groups excluding carboxylic acids is 1. The van der Waals surface area contributed by atoms with Crippen LogP contribution in [0.4, 0.5) is 0 Å². The third-order valence-electron chi connectivity index (χ3n) is 3.73. The predicted molar refractivity (Wildman–Crippen MR) is 99.5 cm³/mol. The normalized spacial score (nSPS) is 11.5. The van der Waals surface area contributed by atoms with Crippen molar-refractivity contribution in [1.29, 1.82) is 0 Å². The summed E-state index contributed by atoms with van der Waals surface area (Å²) >= 11 is 1.47. The van der Waals surface area contributed by atoms with Crippen LogP contribution in [-0.4, -0.2) is 24.7 Å². The summed E-state index contributed by atoms with van der Waals surface area (Å²) in [6, 6.07) is 13.0. The van der Waals surface area contributed by atoms with Gasteiger partial charge in [0.15, 0.2) is 4.80 Å². The molecule has 1 heterocycles. The van der Waals surface area contributed by atoms with Gasteiger partial charge in [0.1, 0.15) is 11.5 Å². The number of para-hydroxylation sites is 1. The second kappa shape index (κ2) is 7.36. The lowest BCUT2D eigenvalue weighted by atomic mass is 10.2. The van der Waals surface area contributed by atoms with E-state index >= 15 is 0 Å². The first-order chi connectivity index (χ1) is 12.2. The maximum atomic E-state index is 12.8. The Labute approximate surface area is 149 Å². The molecule has 0 spiro atoms. The first-order valence-corrected chi connectivity index (χ1v) is 8.50. The summed E-state index contributed by atoms with van der Waals surface area (Å²) in [6.07, 6.45) is 1.79. The number of rotatable bonds is 5. The number of nitrogens with zero attached hydrogens (tertiary/aromatic N) is 2. The van der Waals surface area contributed by atoms with Crippen LogP contribution in [-0.2, 0) is 6.54 Å². The van der Waals surface area contributed by atoms with Crippen LogP contribution in [0.25, 0.3) is 10.2 Å². The Morgan fingerprint density at radius 2 is 2.04 bits per heavy atom.